The van der Waals surface area contributed by atoms with Crippen LogP contribution in [-0.4, -0.2) is 12.1 Å². The summed E-state index contributed by atoms with van der Waals surface area (Å²) in [5.41, 5.74) is 7.47. The average molecular weight is 456 g/mol. The van der Waals surface area contributed by atoms with Crippen molar-refractivity contribution in [1.82, 2.24) is 5.43 Å². The topological polar surface area (TPSA) is 65.2 Å². The van der Waals surface area contributed by atoms with Gasteiger partial charge in [0.25, 0.3) is 5.91 Å². The van der Waals surface area contributed by atoms with E-state index in [1.165, 1.54) is 5.56 Å². The first-order valence-corrected chi connectivity index (χ1v) is 10.3. The van der Waals surface area contributed by atoms with Gasteiger partial charge < -0.3 is 0 Å². The monoisotopic (exact) mass is 455 g/mol. The molecule has 0 spiro atoms. The van der Waals surface area contributed by atoms with Gasteiger partial charge in [-0.05, 0) is 46.4 Å². The fourth-order valence-electron chi connectivity index (χ4n) is 3.74. The first-order valence-electron chi connectivity index (χ1n) is 9.54. The number of allylic oxidation sites excluding steroid dienone is 1. The van der Waals surface area contributed by atoms with Gasteiger partial charge in [-0.2, -0.15) is 10.4 Å². The van der Waals surface area contributed by atoms with Crippen molar-refractivity contribution >= 4 is 33.6 Å². The van der Waals surface area contributed by atoms with Gasteiger partial charge in [0.1, 0.15) is 11.6 Å². The van der Waals surface area contributed by atoms with Gasteiger partial charge in [0.15, 0.2) is 0 Å². The fraction of sp³-hybridized carbons (Fsp3) is 0.0800. The molecule has 30 heavy (non-hydrogen) atoms. The maximum Gasteiger partial charge on any atom is 0.282 e. The smallest absolute Gasteiger partial charge is 0.267 e. The second-order valence-electron chi connectivity index (χ2n) is 6.97. The lowest BCUT2D eigenvalue weighted by Crippen LogP contribution is -2.20. The predicted molar refractivity (Wildman–Crippen MR) is 122 cm³/mol. The summed E-state index contributed by atoms with van der Waals surface area (Å²) in [6.45, 7) is 0. The first kappa shape index (κ1) is 19.8. The van der Waals surface area contributed by atoms with Crippen molar-refractivity contribution in [3.05, 3.63) is 111 Å². The number of carbonyl (C=O) groups excluding carboxylic acids is 1. The van der Waals surface area contributed by atoms with Crippen molar-refractivity contribution in [3.63, 3.8) is 0 Å². The first-order chi connectivity index (χ1) is 14.7. The zero-order valence-electron chi connectivity index (χ0n) is 16.0. The van der Waals surface area contributed by atoms with Crippen molar-refractivity contribution in [2.24, 2.45) is 5.10 Å². The van der Waals surface area contributed by atoms with E-state index in [0.29, 0.717) is 6.42 Å². The van der Waals surface area contributed by atoms with Crippen LogP contribution in [0.15, 0.2) is 94.0 Å². The number of halogens is 1. The molecular formula is C25H18BrN3O. The Morgan fingerprint density at radius 1 is 1.03 bits per heavy atom. The Labute approximate surface area is 183 Å². The van der Waals surface area contributed by atoms with Gasteiger partial charge in [0.2, 0.25) is 0 Å². The number of nitriles is 1. The van der Waals surface area contributed by atoms with E-state index < -0.39 is 5.91 Å². The second kappa shape index (κ2) is 8.89. The van der Waals surface area contributed by atoms with E-state index in [9.17, 15) is 10.1 Å². The largest absolute Gasteiger partial charge is 0.282 e. The molecule has 1 atom stereocenters. The van der Waals surface area contributed by atoms with Crippen LogP contribution in [0.2, 0.25) is 0 Å². The number of amides is 1. The maximum atomic E-state index is 12.7. The Morgan fingerprint density at radius 3 is 2.47 bits per heavy atom. The normalized spacial score (nSPS) is 16.7. The number of rotatable bonds is 4. The molecule has 146 valence electrons. The Bertz CT molecular complexity index is 1180. The van der Waals surface area contributed by atoms with E-state index in [1.807, 2.05) is 60.7 Å². The molecule has 3 aromatic rings. The quantitative estimate of drug-likeness (QED) is 0.247. The zero-order chi connectivity index (χ0) is 20.9. The molecule has 0 aromatic heterocycles. The Morgan fingerprint density at radius 2 is 1.73 bits per heavy atom. The van der Waals surface area contributed by atoms with Crippen LogP contribution in [0, 0.1) is 11.3 Å². The van der Waals surface area contributed by atoms with Gasteiger partial charge in [-0.15, -0.1) is 0 Å². The minimum absolute atomic E-state index is 0.105. The number of fused-ring (bicyclic) bond motifs is 1. The molecule has 0 saturated heterocycles. The molecule has 1 aliphatic carbocycles. The number of benzene rings is 3. The molecule has 4 rings (SSSR count). The van der Waals surface area contributed by atoms with E-state index in [2.05, 4.69) is 50.7 Å². The lowest BCUT2D eigenvalue weighted by molar-refractivity contribution is -0.117. The second-order valence-corrected chi connectivity index (χ2v) is 7.89. The number of hydrazone groups is 1. The third-order valence-electron chi connectivity index (χ3n) is 5.16. The summed E-state index contributed by atoms with van der Waals surface area (Å²) in [7, 11) is 0. The summed E-state index contributed by atoms with van der Waals surface area (Å²) >= 11 is 3.38. The molecule has 4 nitrogen and oxygen atoms in total. The summed E-state index contributed by atoms with van der Waals surface area (Å²) in [5, 5.41) is 13.8. The third-order valence-corrected chi connectivity index (χ3v) is 5.69. The van der Waals surface area contributed by atoms with E-state index in [1.54, 1.807) is 6.21 Å². The lowest BCUT2D eigenvalue weighted by Gasteiger charge is -2.11. The van der Waals surface area contributed by atoms with Crippen LogP contribution in [0.3, 0.4) is 0 Å². The Balaban J connectivity index is 1.62. The van der Waals surface area contributed by atoms with E-state index in [-0.39, 0.29) is 11.5 Å². The van der Waals surface area contributed by atoms with Gasteiger partial charge >= 0.3 is 0 Å². The van der Waals surface area contributed by atoms with Crippen LogP contribution in [0.25, 0.3) is 5.57 Å². The molecule has 1 unspecified atom stereocenters. The highest BCUT2D eigenvalue weighted by Gasteiger charge is 2.31. The van der Waals surface area contributed by atoms with Crippen LogP contribution in [-0.2, 0) is 4.79 Å². The highest BCUT2D eigenvalue weighted by Crippen LogP contribution is 2.45. The van der Waals surface area contributed by atoms with Crippen molar-refractivity contribution in [2.75, 3.05) is 0 Å². The number of hydrogen-bond donors (Lipinski definition) is 1. The molecule has 1 aliphatic rings. The summed E-state index contributed by atoms with van der Waals surface area (Å²) in [4.78, 5) is 12.7. The van der Waals surface area contributed by atoms with Crippen molar-refractivity contribution in [2.45, 2.75) is 12.3 Å². The minimum atomic E-state index is -0.496. The van der Waals surface area contributed by atoms with Crippen molar-refractivity contribution in [1.29, 1.82) is 5.26 Å². The van der Waals surface area contributed by atoms with Gasteiger partial charge in [-0.1, -0.05) is 82.7 Å². The Kier molecular flexibility index (Phi) is 5.87. The molecule has 0 heterocycles. The van der Waals surface area contributed by atoms with Gasteiger partial charge in [0.05, 0.1) is 6.21 Å². The fourth-order valence-corrected chi connectivity index (χ4v) is 4.01. The molecule has 1 N–H and O–H groups in total. The SMILES string of the molecule is N#C/C(C(=O)N/N=C\c1ccc(Br)cc1)=C1/CC(c2ccccc2)c2ccccc21. The van der Waals surface area contributed by atoms with Crippen LogP contribution in [0.1, 0.15) is 34.6 Å². The molecular weight excluding hydrogens is 438 g/mol. The summed E-state index contributed by atoms with van der Waals surface area (Å²) in [6, 6.07) is 27.8. The molecule has 0 bridgehead atoms. The van der Waals surface area contributed by atoms with E-state index in [0.717, 1.165) is 26.7 Å². The standard InChI is InChI=1S/C25H18BrN3O/c26-19-12-10-17(11-13-19)16-28-29-25(30)24(15-27)23-14-22(18-6-2-1-3-7-18)20-8-4-5-9-21(20)23/h1-13,16,22H,14H2,(H,29,30)/b24-23+,28-16-. The van der Waals surface area contributed by atoms with E-state index in [4.69, 9.17) is 0 Å². The summed E-state index contributed by atoms with van der Waals surface area (Å²) in [5.74, 6) is -0.371. The van der Waals surface area contributed by atoms with Gasteiger partial charge in [-0.3, -0.25) is 4.79 Å². The molecule has 1 amide bonds. The third kappa shape index (κ3) is 4.10. The predicted octanol–water partition coefficient (Wildman–Crippen LogP) is 5.41. The number of nitrogens with zero attached hydrogens (tertiary/aromatic N) is 2. The summed E-state index contributed by atoms with van der Waals surface area (Å²) in [6.07, 6.45) is 2.16. The maximum absolute atomic E-state index is 12.7. The van der Waals surface area contributed by atoms with E-state index >= 15 is 0 Å². The van der Waals surface area contributed by atoms with Crippen molar-refractivity contribution < 1.29 is 4.79 Å². The molecule has 0 aliphatic heterocycles. The van der Waals surface area contributed by atoms with Crippen LogP contribution >= 0.6 is 15.9 Å². The summed E-state index contributed by atoms with van der Waals surface area (Å²) < 4.78 is 0.966. The van der Waals surface area contributed by atoms with Crippen LogP contribution < -0.4 is 5.43 Å². The molecule has 0 radical (unpaired) electrons. The van der Waals surface area contributed by atoms with Gasteiger partial charge in [0, 0.05) is 10.4 Å². The Hall–Kier alpha value is -3.49. The minimum Gasteiger partial charge on any atom is -0.267 e. The lowest BCUT2D eigenvalue weighted by atomic mass is 9.93. The van der Waals surface area contributed by atoms with Crippen LogP contribution in [0.5, 0.6) is 0 Å². The molecule has 3 aromatic carbocycles. The van der Waals surface area contributed by atoms with Gasteiger partial charge in [-0.25, -0.2) is 5.43 Å². The number of nitrogens with one attached hydrogen (secondary N) is 1. The molecule has 0 saturated carbocycles. The highest BCUT2D eigenvalue weighted by molar-refractivity contribution is 9.10. The highest BCUT2D eigenvalue weighted by atomic mass is 79.9. The molecule has 5 heteroatoms. The number of hydrogen-bond acceptors (Lipinski definition) is 3. The van der Waals surface area contributed by atoms with Crippen molar-refractivity contribution in [3.8, 4) is 6.07 Å². The van der Waals surface area contributed by atoms with Crippen LogP contribution in [0.4, 0.5) is 0 Å². The number of carbonyl (C=O) groups is 1. The molecule has 0 fully saturated rings. The zero-order valence-corrected chi connectivity index (χ0v) is 17.6. The average Bonchev–Trinajstić information content (AvgIpc) is 3.16.